The van der Waals surface area contributed by atoms with Crippen molar-refractivity contribution in [3.63, 3.8) is 0 Å². The highest BCUT2D eigenvalue weighted by molar-refractivity contribution is 5.89. The van der Waals surface area contributed by atoms with Crippen molar-refractivity contribution in [2.45, 2.75) is 44.1 Å². The summed E-state index contributed by atoms with van der Waals surface area (Å²) in [6.45, 7) is 0.504. The lowest BCUT2D eigenvalue weighted by Gasteiger charge is -2.36. The summed E-state index contributed by atoms with van der Waals surface area (Å²) >= 11 is 0. The molecule has 0 unspecified atom stereocenters. The number of anilines is 1. The number of aliphatic hydroxyl groups is 1. The Morgan fingerprint density at radius 2 is 1.97 bits per heavy atom. The zero-order valence-corrected chi connectivity index (χ0v) is 18.6. The van der Waals surface area contributed by atoms with Crippen molar-refractivity contribution in [3.05, 3.63) is 60.8 Å². The van der Waals surface area contributed by atoms with Crippen molar-refractivity contribution in [2.24, 2.45) is 0 Å². The van der Waals surface area contributed by atoms with Gasteiger partial charge in [0.05, 0.1) is 32.1 Å². The van der Waals surface area contributed by atoms with Crippen LogP contribution in [0.15, 0.2) is 60.8 Å². The molecule has 0 aliphatic carbocycles. The van der Waals surface area contributed by atoms with Crippen molar-refractivity contribution < 1.29 is 19.4 Å². The number of aryl methyl sites for hydroxylation is 1. The van der Waals surface area contributed by atoms with Crippen LogP contribution in [0.4, 0.5) is 10.5 Å². The first kappa shape index (κ1) is 22.8. The third-order valence-corrected chi connectivity index (χ3v) is 5.75. The molecule has 9 heteroatoms. The van der Waals surface area contributed by atoms with E-state index >= 15 is 0 Å². The van der Waals surface area contributed by atoms with Gasteiger partial charge in [-0.3, -0.25) is 4.68 Å². The van der Waals surface area contributed by atoms with Gasteiger partial charge < -0.3 is 25.2 Å². The van der Waals surface area contributed by atoms with E-state index in [1.54, 1.807) is 31.4 Å². The molecule has 1 aliphatic rings. The van der Waals surface area contributed by atoms with E-state index in [2.05, 4.69) is 20.9 Å². The normalized spacial score (nSPS) is 20.2. The Labute approximate surface area is 192 Å². The van der Waals surface area contributed by atoms with Gasteiger partial charge in [-0.25, -0.2) is 4.79 Å². The van der Waals surface area contributed by atoms with Gasteiger partial charge in [0.2, 0.25) is 0 Å². The Kier molecular flexibility index (Phi) is 7.54. The van der Waals surface area contributed by atoms with Crippen LogP contribution in [0.1, 0.15) is 19.3 Å². The molecule has 1 saturated heterocycles. The topological polar surface area (TPSA) is 111 Å². The molecule has 0 radical (unpaired) electrons. The number of methoxy groups -OCH3 is 1. The average Bonchev–Trinajstić information content (AvgIpc) is 3.33. The molecule has 2 aromatic carbocycles. The number of nitrogens with zero attached hydrogens (tertiary/aromatic N) is 3. The van der Waals surface area contributed by atoms with E-state index in [-0.39, 0.29) is 24.8 Å². The fraction of sp³-hybridized carbons (Fsp3) is 0.375. The molecule has 0 spiro atoms. The van der Waals surface area contributed by atoms with E-state index < -0.39 is 6.10 Å². The van der Waals surface area contributed by atoms with E-state index in [1.807, 2.05) is 41.2 Å². The molecule has 3 atom stereocenters. The van der Waals surface area contributed by atoms with Gasteiger partial charge in [0.15, 0.2) is 0 Å². The molecule has 1 aliphatic heterocycles. The second kappa shape index (κ2) is 10.9. The molecule has 0 bridgehead atoms. The Balaban J connectivity index is 1.25. The van der Waals surface area contributed by atoms with Crippen molar-refractivity contribution >= 4 is 11.7 Å². The van der Waals surface area contributed by atoms with Gasteiger partial charge in [-0.2, -0.15) is 0 Å². The Bertz CT molecular complexity index is 1020. The van der Waals surface area contributed by atoms with Crippen LogP contribution in [-0.4, -0.2) is 58.1 Å². The van der Waals surface area contributed by atoms with Gasteiger partial charge in [0.1, 0.15) is 17.5 Å². The minimum atomic E-state index is -0.457. The lowest BCUT2D eigenvalue weighted by Crippen LogP contribution is -2.52. The first-order valence-electron chi connectivity index (χ1n) is 11.1. The molecule has 1 aromatic heterocycles. The highest BCUT2D eigenvalue weighted by Crippen LogP contribution is 2.23. The summed E-state index contributed by atoms with van der Waals surface area (Å²) < 4.78 is 13.0. The zero-order chi connectivity index (χ0) is 23.0. The summed E-state index contributed by atoms with van der Waals surface area (Å²) in [5, 5.41) is 24.0. The van der Waals surface area contributed by atoms with Crippen LogP contribution in [0, 0.1) is 0 Å². The summed E-state index contributed by atoms with van der Waals surface area (Å²) in [7, 11) is 1.59. The lowest BCUT2D eigenvalue weighted by molar-refractivity contribution is -0.0905. The second-order valence-electron chi connectivity index (χ2n) is 8.01. The third kappa shape index (κ3) is 6.09. The monoisotopic (exact) mass is 451 g/mol. The van der Waals surface area contributed by atoms with E-state index in [0.717, 1.165) is 36.3 Å². The maximum Gasteiger partial charge on any atom is 0.319 e. The molecule has 2 amide bonds. The highest BCUT2D eigenvalue weighted by atomic mass is 16.5. The molecular weight excluding hydrogens is 422 g/mol. The van der Waals surface area contributed by atoms with Gasteiger partial charge in [0, 0.05) is 17.8 Å². The summed E-state index contributed by atoms with van der Waals surface area (Å²) in [6, 6.07) is 16.4. The minimum absolute atomic E-state index is 0.0192. The van der Waals surface area contributed by atoms with Crippen LogP contribution in [0.5, 0.6) is 5.75 Å². The summed E-state index contributed by atoms with van der Waals surface area (Å²) in [5.74, 6) is 0.718. The minimum Gasteiger partial charge on any atom is -0.497 e. The SMILES string of the molecule is COc1ccc(NC(=O)N[C@@H]2CC[C@@H](CCn3cc(-c4ccccc4)nn3)O[C@H]2CO)cc1. The van der Waals surface area contributed by atoms with Crippen molar-refractivity contribution in [3.8, 4) is 17.0 Å². The standard InChI is InChI=1S/C24H29N5O4/c1-32-19-9-7-18(8-10-19)25-24(31)26-21-12-11-20(33-23(21)16-30)13-14-29-15-22(27-28-29)17-5-3-2-4-6-17/h2-10,15,20-21,23,30H,11-14,16H2,1H3,(H2,25,26,31)/t20-,21+,23-/m0/s1. The number of nitrogens with one attached hydrogen (secondary N) is 2. The van der Waals surface area contributed by atoms with Gasteiger partial charge in [-0.15, -0.1) is 5.10 Å². The maximum absolute atomic E-state index is 12.4. The quantitative estimate of drug-likeness (QED) is 0.486. The number of benzene rings is 2. The van der Waals surface area contributed by atoms with Gasteiger partial charge in [0.25, 0.3) is 0 Å². The number of hydrogen-bond acceptors (Lipinski definition) is 6. The lowest BCUT2D eigenvalue weighted by atomic mass is 9.97. The van der Waals surface area contributed by atoms with Crippen LogP contribution in [0.25, 0.3) is 11.3 Å². The summed E-state index contributed by atoms with van der Waals surface area (Å²) in [4.78, 5) is 12.4. The molecule has 174 valence electrons. The molecule has 1 fully saturated rings. The predicted octanol–water partition coefficient (Wildman–Crippen LogP) is 3.07. The molecule has 2 heterocycles. The Hall–Kier alpha value is -3.43. The first-order chi connectivity index (χ1) is 16.1. The first-order valence-corrected chi connectivity index (χ1v) is 11.1. The molecule has 9 nitrogen and oxygen atoms in total. The molecule has 3 aromatic rings. The van der Waals surface area contributed by atoms with Crippen LogP contribution >= 0.6 is 0 Å². The Morgan fingerprint density at radius 1 is 1.18 bits per heavy atom. The number of urea groups is 1. The smallest absolute Gasteiger partial charge is 0.319 e. The molecule has 3 N–H and O–H groups in total. The number of aliphatic hydroxyl groups excluding tert-OH is 1. The summed E-state index contributed by atoms with van der Waals surface area (Å²) in [5.41, 5.74) is 2.52. The van der Waals surface area contributed by atoms with Crippen LogP contribution in [0.3, 0.4) is 0 Å². The second-order valence-corrected chi connectivity index (χ2v) is 8.01. The van der Waals surface area contributed by atoms with Gasteiger partial charge >= 0.3 is 6.03 Å². The van der Waals surface area contributed by atoms with E-state index in [1.165, 1.54) is 0 Å². The van der Waals surface area contributed by atoms with E-state index in [4.69, 9.17) is 9.47 Å². The fourth-order valence-corrected chi connectivity index (χ4v) is 3.94. The number of hydrogen-bond donors (Lipinski definition) is 3. The van der Waals surface area contributed by atoms with Crippen LogP contribution in [-0.2, 0) is 11.3 Å². The maximum atomic E-state index is 12.4. The van der Waals surface area contributed by atoms with Crippen LogP contribution < -0.4 is 15.4 Å². The summed E-state index contributed by atoms with van der Waals surface area (Å²) in [6.07, 6.45) is 3.70. The van der Waals surface area contributed by atoms with Gasteiger partial charge in [-0.1, -0.05) is 35.5 Å². The number of rotatable bonds is 8. The largest absolute Gasteiger partial charge is 0.497 e. The van der Waals surface area contributed by atoms with Crippen molar-refractivity contribution in [1.82, 2.24) is 20.3 Å². The molecular formula is C24H29N5O4. The fourth-order valence-electron chi connectivity index (χ4n) is 3.94. The van der Waals surface area contributed by atoms with Crippen LogP contribution in [0.2, 0.25) is 0 Å². The highest BCUT2D eigenvalue weighted by Gasteiger charge is 2.31. The third-order valence-electron chi connectivity index (χ3n) is 5.75. The molecule has 4 rings (SSSR count). The number of carbonyl (C=O) groups is 1. The van der Waals surface area contributed by atoms with Crippen molar-refractivity contribution in [1.29, 1.82) is 0 Å². The van der Waals surface area contributed by atoms with E-state index in [0.29, 0.717) is 12.2 Å². The number of carbonyl (C=O) groups excluding carboxylic acids is 1. The number of amides is 2. The predicted molar refractivity (Wildman–Crippen MR) is 124 cm³/mol. The van der Waals surface area contributed by atoms with Gasteiger partial charge in [-0.05, 0) is 43.5 Å². The average molecular weight is 452 g/mol. The molecule has 0 saturated carbocycles. The number of ether oxygens (including phenoxy) is 2. The Morgan fingerprint density at radius 3 is 2.70 bits per heavy atom. The van der Waals surface area contributed by atoms with E-state index in [9.17, 15) is 9.90 Å². The van der Waals surface area contributed by atoms with Crippen molar-refractivity contribution in [2.75, 3.05) is 19.0 Å². The molecule has 33 heavy (non-hydrogen) atoms. The number of aromatic nitrogens is 3. The zero-order valence-electron chi connectivity index (χ0n) is 18.6.